The number of amides is 2. The summed E-state index contributed by atoms with van der Waals surface area (Å²) in [6.07, 6.45) is 1.76. The van der Waals surface area contributed by atoms with Gasteiger partial charge in [0.2, 0.25) is 0 Å². The van der Waals surface area contributed by atoms with Crippen LogP contribution in [0.5, 0.6) is 0 Å². The average Bonchev–Trinajstić information content (AvgIpc) is 3.15. The van der Waals surface area contributed by atoms with Gasteiger partial charge in [-0.2, -0.15) is 0 Å². The quantitative estimate of drug-likeness (QED) is 0.805. The molecule has 0 spiro atoms. The first-order valence-corrected chi connectivity index (χ1v) is 9.90. The lowest BCUT2D eigenvalue weighted by molar-refractivity contribution is -0.0693. The Morgan fingerprint density at radius 2 is 1.26 bits per heavy atom. The van der Waals surface area contributed by atoms with E-state index in [4.69, 9.17) is 13.9 Å². The molecule has 0 radical (unpaired) electrons. The van der Waals surface area contributed by atoms with Crippen LogP contribution in [0.4, 0.5) is 0 Å². The van der Waals surface area contributed by atoms with Gasteiger partial charge >= 0.3 is 0 Å². The van der Waals surface area contributed by atoms with Gasteiger partial charge in [-0.15, -0.1) is 0 Å². The van der Waals surface area contributed by atoms with E-state index < -0.39 is 0 Å². The van der Waals surface area contributed by atoms with Crippen molar-refractivity contribution in [2.75, 3.05) is 26.2 Å². The normalized spacial score (nSPS) is 29.0. The molecule has 7 nitrogen and oxygen atoms in total. The summed E-state index contributed by atoms with van der Waals surface area (Å²) in [5.74, 6) is 0.0279. The number of rotatable bonds is 4. The molecule has 27 heavy (non-hydrogen) atoms. The Balaban J connectivity index is 1.68. The van der Waals surface area contributed by atoms with Gasteiger partial charge in [0.1, 0.15) is 0 Å². The Hall–Kier alpha value is -1.86. The maximum atomic E-state index is 12.8. The highest BCUT2D eigenvalue weighted by atomic mass is 16.5. The van der Waals surface area contributed by atoms with Crippen molar-refractivity contribution in [1.82, 2.24) is 9.80 Å². The van der Waals surface area contributed by atoms with Crippen LogP contribution < -0.4 is 0 Å². The Morgan fingerprint density at radius 1 is 0.852 bits per heavy atom. The molecular weight excluding hydrogens is 348 g/mol. The van der Waals surface area contributed by atoms with E-state index in [1.54, 1.807) is 21.9 Å². The molecule has 2 fully saturated rings. The van der Waals surface area contributed by atoms with Crippen molar-refractivity contribution in [2.45, 2.75) is 65.0 Å². The number of carbonyl (C=O) groups excluding carboxylic acids is 2. The number of hydrogen-bond donors (Lipinski definition) is 0. The number of furan rings is 1. The molecule has 1 aromatic rings. The zero-order valence-corrected chi connectivity index (χ0v) is 16.6. The first kappa shape index (κ1) is 19.9. The van der Waals surface area contributed by atoms with Crippen LogP contribution in [0.25, 0.3) is 0 Å². The monoisotopic (exact) mass is 378 g/mol. The lowest BCUT2D eigenvalue weighted by atomic mass is 10.1. The van der Waals surface area contributed by atoms with Gasteiger partial charge in [0.25, 0.3) is 11.8 Å². The van der Waals surface area contributed by atoms with Crippen molar-refractivity contribution in [3.05, 3.63) is 23.7 Å². The molecule has 3 rings (SSSR count). The Kier molecular flexibility index (Phi) is 6.22. The molecule has 0 N–H and O–H groups in total. The number of hydrogen-bond acceptors (Lipinski definition) is 5. The summed E-state index contributed by atoms with van der Waals surface area (Å²) in [6.45, 7) is 10.2. The first-order chi connectivity index (χ1) is 12.9. The fourth-order valence-electron chi connectivity index (χ4n) is 3.75. The molecule has 0 aromatic carbocycles. The summed E-state index contributed by atoms with van der Waals surface area (Å²) in [4.78, 5) is 29.1. The molecule has 2 aliphatic heterocycles. The molecule has 2 saturated heterocycles. The highest BCUT2D eigenvalue weighted by molar-refractivity contribution is 5.95. The minimum atomic E-state index is -0.190. The standard InChI is InChI=1S/C20H30N2O5/c1-5-15-11-21(9-13(3)25-15)19(23)17-7-8-18(27-17)20(24)22-10-14(4)26-16(6-2)12-22/h7-8,13-16H,5-6,9-12H2,1-4H3/t13-,14-,15+,16+/m0/s1. The third-order valence-corrected chi connectivity index (χ3v) is 5.17. The lowest BCUT2D eigenvalue weighted by Crippen LogP contribution is -2.49. The second kappa shape index (κ2) is 8.44. The van der Waals surface area contributed by atoms with E-state index in [1.807, 2.05) is 27.7 Å². The number of morpholine rings is 2. The van der Waals surface area contributed by atoms with Crippen LogP contribution in [0.1, 0.15) is 61.6 Å². The molecular formula is C20H30N2O5. The molecule has 0 bridgehead atoms. The molecule has 4 atom stereocenters. The van der Waals surface area contributed by atoms with E-state index in [1.165, 1.54) is 0 Å². The van der Waals surface area contributed by atoms with Crippen LogP contribution in [-0.2, 0) is 9.47 Å². The summed E-state index contributed by atoms with van der Waals surface area (Å²) >= 11 is 0. The Morgan fingerprint density at radius 3 is 1.63 bits per heavy atom. The summed E-state index contributed by atoms with van der Waals surface area (Å²) in [5, 5.41) is 0. The minimum Gasteiger partial charge on any atom is -0.446 e. The van der Waals surface area contributed by atoms with E-state index in [2.05, 4.69) is 0 Å². The highest BCUT2D eigenvalue weighted by Crippen LogP contribution is 2.20. The summed E-state index contributed by atoms with van der Waals surface area (Å²) in [6, 6.07) is 3.19. The molecule has 150 valence electrons. The zero-order chi connectivity index (χ0) is 19.6. The second-order valence-corrected chi connectivity index (χ2v) is 7.54. The molecule has 7 heteroatoms. The van der Waals surface area contributed by atoms with Crippen LogP contribution in [-0.4, -0.2) is 72.2 Å². The van der Waals surface area contributed by atoms with Crippen molar-refractivity contribution >= 4 is 11.8 Å². The van der Waals surface area contributed by atoms with Crippen LogP contribution >= 0.6 is 0 Å². The van der Waals surface area contributed by atoms with Gasteiger partial charge in [-0.3, -0.25) is 9.59 Å². The summed E-state index contributed by atoms with van der Waals surface area (Å²) < 4.78 is 17.3. The fraction of sp³-hybridized carbons (Fsp3) is 0.700. The predicted molar refractivity (Wildman–Crippen MR) is 99.8 cm³/mol. The van der Waals surface area contributed by atoms with E-state index in [0.717, 1.165) is 12.8 Å². The third-order valence-electron chi connectivity index (χ3n) is 5.17. The number of ether oxygens (including phenoxy) is 2. The smallest absolute Gasteiger partial charge is 0.289 e. The van der Waals surface area contributed by atoms with Gasteiger partial charge < -0.3 is 23.7 Å². The van der Waals surface area contributed by atoms with Gasteiger partial charge in [-0.25, -0.2) is 0 Å². The van der Waals surface area contributed by atoms with Crippen molar-refractivity contribution < 1.29 is 23.5 Å². The van der Waals surface area contributed by atoms with Crippen LogP contribution in [0.15, 0.2) is 16.5 Å². The predicted octanol–water partition coefficient (Wildman–Crippen LogP) is 2.56. The first-order valence-electron chi connectivity index (χ1n) is 9.90. The molecule has 0 unspecified atom stereocenters. The molecule has 3 heterocycles. The van der Waals surface area contributed by atoms with Crippen LogP contribution in [0, 0.1) is 0 Å². The molecule has 1 aromatic heterocycles. The van der Waals surface area contributed by atoms with E-state index in [-0.39, 0.29) is 47.8 Å². The maximum absolute atomic E-state index is 12.8. The Bertz CT molecular complexity index is 619. The minimum absolute atomic E-state index is 0.00970. The van der Waals surface area contributed by atoms with Crippen molar-refractivity contribution in [3.63, 3.8) is 0 Å². The van der Waals surface area contributed by atoms with Gasteiger partial charge in [0.15, 0.2) is 11.5 Å². The zero-order valence-electron chi connectivity index (χ0n) is 16.6. The maximum Gasteiger partial charge on any atom is 0.289 e. The van der Waals surface area contributed by atoms with Crippen LogP contribution in [0.2, 0.25) is 0 Å². The molecule has 0 saturated carbocycles. The van der Waals surface area contributed by atoms with E-state index >= 15 is 0 Å². The van der Waals surface area contributed by atoms with Gasteiger partial charge in [0, 0.05) is 26.2 Å². The van der Waals surface area contributed by atoms with Gasteiger partial charge in [0.05, 0.1) is 24.4 Å². The Labute approximate surface area is 160 Å². The van der Waals surface area contributed by atoms with Crippen molar-refractivity contribution in [3.8, 4) is 0 Å². The largest absolute Gasteiger partial charge is 0.446 e. The lowest BCUT2D eigenvalue weighted by Gasteiger charge is -2.36. The highest BCUT2D eigenvalue weighted by Gasteiger charge is 2.32. The summed E-state index contributed by atoms with van der Waals surface area (Å²) in [7, 11) is 0. The van der Waals surface area contributed by atoms with Crippen molar-refractivity contribution in [2.24, 2.45) is 0 Å². The van der Waals surface area contributed by atoms with E-state index in [9.17, 15) is 9.59 Å². The van der Waals surface area contributed by atoms with Gasteiger partial charge in [-0.1, -0.05) is 13.8 Å². The SMILES string of the molecule is CC[C@@H]1CN(C(=O)c2ccc(C(=O)N3C[C@@H](CC)O[C@@H](C)C3)o2)C[C@H](C)O1. The summed E-state index contributed by atoms with van der Waals surface area (Å²) in [5.41, 5.74) is 0. The number of nitrogens with zero attached hydrogens (tertiary/aromatic N) is 2. The van der Waals surface area contributed by atoms with Gasteiger partial charge in [-0.05, 0) is 38.8 Å². The van der Waals surface area contributed by atoms with Crippen LogP contribution in [0.3, 0.4) is 0 Å². The second-order valence-electron chi connectivity index (χ2n) is 7.54. The van der Waals surface area contributed by atoms with E-state index in [0.29, 0.717) is 26.2 Å². The van der Waals surface area contributed by atoms with Crippen molar-refractivity contribution in [1.29, 1.82) is 0 Å². The average molecular weight is 378 g/mol. The third kappa shape index (κ3) is 4.52. The number of carbonyl (C=O) groups is 2. The molecule has 2 aliphatic rings. The fourth-order valence-corrected chi connectivity index (χ4v) is 3.75. The topological polar surface area (TPSA) is 72.2 Å². The molecule has 2 amide bonds. The molecule has 0 aliphatic carbocycles.